The average molecular weight is 229 g/mol. The lowest BCUT2D eigenvalue weighted by atomic mass is 9.98. The molecule has 2 rings (SSSR count). The first kappa shape index (κ1) is 11.9. The van der Waals surface area contributed by atoms with Gasteiger partial charge in [0, 0.05) is 6.42 Å². The van der Waals surface area contributed by atoms with Crippen LogP contribution in [0.4, 0.5) is 0 Å². The van der Waals surface area contributed by atoms with E-state index in [2.05, 4.69) is 39.0 Å². The van der Waals surface area contributed by atoms with Crippen LogP contribution in [0.2, 0.25) is 0 Å². The van der Waals surface area contributed by atoms with Crippen LogP contribution < -0.4 is 5.73 Å². The van der Waals surface area contributed by atoms with E-state index >= 15 is 0 Å². The molecule has 0 saturated heterocycles. The summed E-state index contributed by atoms with van der Waals surface area (Å²) < 4.78 is 5.71. The van der Waals surface area contributed by atoms with Gasteiger partial charge in [-0.25, -0.2) is 0 Å². The summed E-state index contributed by atoms with van der Waals surface area (Å²) in [6.07, 6.45) is 0.902. The normalized spacial score (nSPS) is 12.7. The van der Waals surface area contributed by atoms with Gasteiger partial charge >= 0.3 is 0 Å². The van der Waals surface area contributed by atoms with Crippen molar-refractivity contribution in [3.8, 4) is 0 Å². The quantitative estimate of drug-likeness (QED) is 0.874. The van der Waals surface area contributed by atoms with Gasteiger partial charge in [0.15, 0.2) is 0 Å². The fraction of sp³-hybridized carbons (Fsp3) is 0.333. The molecule has 0 fully saturated rings. The SMILES string of the molecule is CCc1ccc(C(N)c2ccc(C)cc2C)o1. The van der Waals surface area contributed by atoms with E-state index in [-0.39, 0.29) is 6.04 Å². The molecule has 0 spiro atoms. The molecule has 1 unspecified atom stereocenters. The van der Waals surface area contributed by atoms with Crippen molar-refractivity contribution in [3.63, 3.8) is 0 Å². The molecule has 0 saturated carbocycles. The van der Waals surface area contributed by atoms with E-state index in [9.17, 15) is 0 Å². The Labute approximate surface area is 102 Å². The Kier molecular flexibility index (Phi) is 3.34. The Bertz CT molecular complexity index is 513. The van der Waals surface area contributed by atoms with Gasteiger partial charge in [0.05, 0.1) is 6.04 Å². The molecule has 17 heavy (non-hydrogen) atoms. The summed E-state index contributed by atoms with van der Waals surface area (Å²) in [5.74, 6) is 1.83. The van der Waals surface area contributed by atoms with Crippen LogP contribution in [0.15, 0.2) is 34.7 Å². The zero-order valence-corrected chi connectivity index (χ0v) is 10.7. The van der Waals surface area contributed by atoms with Crippen LogP contribution in [-0.2, 0) is 6.42 Å². The first-order valence-corrected chi connectivity index (χ1v) is 6.03. The fourth-order valence-corrected chi connectivity index (χ4v) is 2.08. The van der Waals surface area contributed by atoms with Gasteiger partial charge in [-0.15, -0.1) is 0 Å². The number of furan rings is 1. The molecule has 2 aromatic rings. The highest BCUT2D eigenvalue weighted by Crippen LogP contribution is 2.25. The first-order valence-electron chi connectivity index (χ1n) is 6.03. The average Bonchev–Trinajstić information content (AvgIpc) is 2.76. The molecule has 0 bridgehead atoms. The number of hydrogen-bond donors (Lipinski definition) is 1. The summed E-state index contributed by atoms with van der Waals surface area (Å²) in [5, 5.41) is 0. The van der Waals surface area contributed by atoms with Crippen LogP contribution in [0.25, 0.3) is 0 Å². The summed E-state index contributed by atoms with van der Waals surface area (Å²) >= 11 is 0. The molecule has 1 aromatic carbocycles. The molecular weight excluding hydrogens is 210 g/mol. The van der Waals surface area contributed by atoms with Crippen molar-refractivity contribution in [1.29, 1.82) is 0 Å². The van der Waals surface area contributed by atoms with Crippen molar-refractivity contribution in [2.75, 3.05) is 0 Å². The molecular formula is C15H19NO. The highest BCUT2D eigenvalue weighted by atomic mass is 16.3. The van der Waals surface area contributed by atoms with Crippen LogP contribution in [0.3, 0.4) is 0 Å². The van der Waals surface area contributed by atoms with E-state index < -0.39 is 0 Å². The minimum Gasteiger partial charge on any atom is -0.464 e. The van der Waals surface area contributed by atoms with Crippen LogP contribution in [0, 0.1) is 13.8 Å². The van der Waals surface area contributed by atoms with Crippen LogP contribution in [0.1, 0.15) is 41.2 Å². The van der Waals surface area contributed by atoms with Gasteiger partial charge in [-0.2, -0.15) is 0 Å². The Morgan fingerprint density at radius 2 is 1.94 bits per heavy atom. The van der Waals surface area contributed by atoms with Crippen molar-refractivity contribution in [2.45, 2.75) is 33.2 Å². The number of hydrogen-bond acceptors (Lipinski definition) is 2. The second-order valence-corrected chi connectivity index (χ2v) is 4.50. The highest BCUT2D eigenvalue weighted by Gasteiger charge is 2.14. The van der Waals surface area contributed by atoms with Crippen LogP contribution >= 0.6 is 0 Å². The van der Waals surface area contributed by atoms with E-state index in [0.717, 1.165) is 23.5 Å². The third-order valence-electron chi connectivity index (χ3n) is 3.10. The standard InChI is InChI=1S/C15H19NO/c1-4-12-6-8-14(17-12)15(16)13-7-5-10(2)9-11(13)3/h5-9,15H,4,16H2,1-3H3. The second-order valence-electron chi connectivity index (χ2n) is 4.50. The molecule has 0 aliphatic carbocycles. The molecule has 1 heterocycles. The molecule has 0 amide bonds. The van der Waals surface area contributed by atoms with E-state index in [1.165, 1.54) is 11.1 Å². The van der Waals surface area contributed by atoms with Crippen molar-refractivity contribution in [3.05, 3.63) is 58.5 Å². The number of aryl methyl sites for hydroxylation is 3. The predicted molar refractivity (Wildman–Crippen MR) is 70.0 cm³/mol. The molecule has 0 aliphatic rings. The van der Waals surface area contributed by atoms with Crippen molar-refractivity contribution in [1.82, 2.24) is 0 Å². The van der Waals surface area contributed by atoms with Crippen molar-refractivity contribution in [2.24, 2.45) is 5.73 Å². The van der Waals surface area contributed by atoms with Gasteiger partial charge in [-0.3, -0.25) is 0 Å². The van der Waals surface area contributed by atoms with E-state index in [4.69, 9.17) is 10.2 Å². The number of nitrogens with two attached hydrogens (primary N) is 1. The summed E-state index contributed by atoms with van der Waals surface area (Å²) in [6.45, 7) is 6.25. The van der Waals surface area contributed by atoms with Crippen LogP contribution in [-0.4, -0.2) is 0 Å². The predicted octanol–water partition coefficient (Wildman–Crippen LogP) is 3.51. The maximum Gasteiger partial charge on any atom is 0.125 e. The minimum atomic E-state index is -0.170. The largest absolute Gasteiger partial charge is 0.464 e. The maximum absolute atomic E-state index is 6.24. The topological polar surface area (TPSA) is 39.2 Å². The molecule has 2 nitrogen and oxygen atoms in total. The molecule has 2 heteroatoms. The minimum absolute atomic E-state index is 0.170. The molecule has 0 radical (unpaired) electrons. The third kappa shape index (κ3) is 2.42. The van der Waals surface area contributed by atoms with Gasteiger partial charge in [-0.05, 0) is 37.1 Å². The van der Waals surface area contributed by atoms with Gasteiger partial charge in [-0.1, -0.05) is 30.7 Å². The van der Waals surface area contributed by atoms with Gasteiger partial charge < -0.3 is 10.2 Å². The monoisotopic (exact) mass is 229 g/mol. The summed E-state index contributed by atoms with van der Waals surface area (Å²) in [5.41, 5.74) is 9.84. The Balaban J connectivity index is 2.33. The number of rotatable bonds is 3. The number of benzene rings is 1. The van der Waals surface area contributed by atoms with E-state index in [0.29, 0.717) is 0 Å². The van der Waals surface area contributed by atoms with E-state index in [1.54, 1.807) is 0 Å². The van der Waals surface area contributed by atoms with Gasteiger partial charge in [0.2, 0.25) is 0 Å². The highest BCUT2D eigenvalue weighted by molar-refractivity contribution is 5.36. The summed E-state index contributed by atoms with van der Waals surface area (Å²) in [4.78, 5) is 0. The Morgan fingerprint density at radius 1 is 1.18 bits per heavy atom. The zero-order chi connectivity index (χ0) is 12.4. The maximum atomic E-state index is 6.24. The third-order valence-corrected chi connectivity index (χ3v) is 3.10. The van der Waals surface area contributed by atoms with E-state index in [1.807, 2.05) is 12.1 Å². The zero-order valence-electron chi connectivity index (χ0n) is 10.7. The molecule has 1 atom stereocenters. The molecule has 2 N–H and O–H groups in total. The first-order chi connectivity index (χ1) is 8.11. The Hall–Kier alpha value is -1.54. The Morgan fingerprint density at radius 3 is 2.53 bits per heavy atom. The second kappa shape index (κ2) is 4.76. The lowest BCUT2D eigenvalue weighted by Crippen LogP contribution is -2.12. The smallest absolute Gasteiger partial charge is 0.125 e. The molecule has 1 aromatic heterocycles. The molecule has 90 valence electrons. The summed E-state index contributed by atoms with van der Waals surface area (Å²) in [7, 11) is 0. The lowest BCUT2D eigenvalue weighted by molar-refractivity contribution is 0.453. The van der Waals surface area contributed by atoms with Gasteiger partial charge in [0.25, 0.3) is 0 Å². The summed E-state index contributed by atoms with van der Waals surface area (Å²) in [6, 6.07) is 10.1. The lowest BCUT2D eigenvalue weighted by Gasteiger charge is -2.13. The molecule has 0 aliphatic heterocycles. The fourth-order valence-electron chi connectivity index (χ4n) is 2.08. The van der Waals surface area contributed by atoms with Crippen molar-refractivity contribution >= 4 is 0 Å². The van der Waals surface area contributed by atoms with Crippen molar-refractivity contribution < 1.29 is 4.42 Å². The van der Waals surface area contributed by atoms with Gasteiger partial charge in [0.1, 0.15) is 11.5 Å². The van der Waals surface area contributed by atoms with Crippen LogP contribution in [0.5, 0.6) is 0 Å².